The maximum atomic E-state index is 6.54. The molecule has 29 heavy (non-hydrogen) atoms. The summed E-state index contributed by atoms with van der Waals surface area (Å²) >= 11 is -5.67. The second-order valence-corrected chi connectivity index (χ2v) is 31.7. The van der Waals surface area contributed by atoms with Crippen molar-refractivity contribution in [3.8, 4) is 0 Å². The van der Waals surface area contributed by atoms with Crippen LogP contribution in [0, 0.1) is 0 Å². The Labute approximate surface area is 194 Å². The average molecular weight is 628 g/mol. The first-order chi connectivity index (χ1) is 13.8. The zero-order valence-corrected chi connectivity index (χ0v) is 26.7. The van der Waals surface area contributed by atoms with Crippen molar-refractivity contribution in [3.05, 3.63) is 0 Å². The van der Waals surface area contributed by atoms with Crippen molar-refractivity contribution in [2.75, 3.05) is 13.2 Å². The molecule has 176 valence electrons. The van der Waals surface area contributed by atoms with Crippen molar-refractivity contribution < 1.29 is 7.56 Å². The number of unbranched alkanes of at least 4 members (excludes halogenated alkanes) is 14. The summed E-state index contributed by atoms with van der Waals surface area (Å²) in [4.78, 5) is 9.05. The van der Waals surface area contributed by atoms with Crippen LogP contribution in [0.3, 0.4) is 0 Å². The van der Waals surface area contributed by atoms with E-state index in [9.17, 15) is 0 Å². The molecule has 0 bridgehead atoms. The minimum atomic E-state index is -2.84. The van der Waals surface area contributed by atoms with Crippen LogP contribution in [-0.4, -0.2) is 51.6 Å². The Balaban J connectivity index is 3.69. The summed E-state index contributed by atoms with van der Waals surface area (Å²) in [6.45, 7) is 6.33. The summed E-state index contributed by atoms with van der Waals surface area (Å²) in [6.07, 6.45) is 21.5. The fourth-order valence-electron chi connectivity index (χ4n) is 3.76. The van der Waals surface area contributed by atoms with E-state index in [2.05, 4.69) is 33.6 Å². The monoisotopic (exact) mass is 630 g/mol. The van der Waals surface area contributed by atoms with E-state index in [1.165, 1.54) is 103 Å². The van der Waals surface area contributed by atoms with E-state index in [4.69, 9.17) is 7.56 Å². The van der Waals surface area contributed by atoms with Crippen molar-refractivity contribution in [1.82, 2.24) is 0 Å². The van der Waals surface area contributed by atoms with Crippen LogP contribution in [0.2, 0.25) is 19.8 Å². The fraction of sp³-hybridized carbons (Fsp3) is 1.00. The Kier molecular flexibility index (Phi) is 21.1. The first-order valence-electron chi connectivity index (χ1n) is 12.8. The van der Waals surface area contributed by atoms with E-state index in [1.54, 1.807) is 0 Å². The summed E-state index contributed by atoms with van der Waals surface area (Å²) in [5.74, 6) is 0. The molecule has 0 spiro atoms. The molecule has 0 aromatic rings. The predicted octanol–water partition coefficient (Wildman–Crippen LogP) is 8.72. The van der Waals surface area contributed by atoms with Crippen LogP contribution in [0.15, 0.2) is 0 Å². The quantitative estimate of drug-likeness (QED) is 0.0888. The van der Waals surface area contributed by atoms with Gasteiger partial charge in [-0.05, 0) is 0 Å². The van der Waals surface area contributed by atoms with Gasteiger partial charge in [-0.25, -0.2) is 0 Å². The van der Waals surface area contributed by atoms with Gasteiger partial charge in [0, 0.05) is 0 Å². The third-order valence-electron chi connectivity index (χ3n) is 5.39. The Morgan fingerprint density at radius 3 is 1.00 bits per heavy atom. The molecule has 0 aromatic carbocycles. The van der Waals surface area contributed by atoms with Crippen LogP contribution in [-0.2, 0) is 7.56 Å². The molecular weight excluding hydrogens is 574 g/mol. The Morgan fingerprint density at radius 1 is 0.414 bits per heavy atom. The summed E-state index contributed by atoms with van der Waals surface area (Å²) in [6, 6.07) is 0. The molecule has 0 rings (SSSR count). The van der Waals surface area contributed by atoms with E-state index in [1.807, 2.05) is 0 Å². The fourth-order valence-corrected chi connectivity index (χ4v) is 36.0. The van der Waals surface area contributed by atoms with Crippen molar-refractivity contribution in [3.63, 3.8) is 0 Å². The van der Waals surface area contributed by atoms with Crippen LogP contribution < -0.4 is 0 Å². The van der Waals surface area contributed by atoms with Gasteiger partial charge < -0.3 is 0 Å². The topological polar surface area (TPSA) is 27.7 Å². The zero-order chi connectivity index (χ0) is 21.8. The summed E-state index contributed by atoms with van der Waals surface area (Å²) in [7, 11) is 0. The van der Waals surface area contributed by atoms with E-state index in [-0.39, 0.29) is 0 Å². The van der Waals surface area contributed by atoms with E-state index in [0.29, 0.717) is 0 Å². The number of hydrogen-bond acceptors (Lipinski definition) is 3. The maximum absolute atomic E-state index is 6.54. The second kappa shape index (κ2) is 20.1. The molecule has 0 amide bonds. The minimum absolute atomic E-state index is 0.887. The molecule has 0 N–H and O–H groups in total. The van der Waals surface area contributed by atoms with Gasteiger partial charge in [-0.2, -0.15) is 0 Å². The molecule has 0 aromatic heterocycles. The third-order valence-corrected chi connectivity index (χ3v) is 32.1. The van der Waals surface area contributed by atoms with Gasteiger partial charge in [-0.15, -0.1) is 0 Å². The first kappa shape index (κ1) is 30.5. The molecule has 0 atom stereocenters. The van der Waals surface area contributed by atoms with Gasteiger partial charge in [-0.1, -0.05) is 0 Å². The molecule has 5 heteroatoms. The standard InChI is InChI=1S/2C10H21O.4CH3.O.2Sn/c2*1-2-3-4-5-6-7-8-9-10-11;;;;;;;/h2*2-10H2,1H3;4*1H3;;;/q2*-1;;;;;;2*+1. The van der Waals surface area contributed by atoms with Crippen LogP contribution in [0.1, 0.15) is 117 Å². The molecule has 0 unspecified atom stereocenters. The van der Waals surface area contributed by atoms with E-state index in [0.717, 1.165) is 13.2 Å². The van der Waals surface area contributed by atoms with Gasteiger partial charge in [0.15, 0.2) is 0 Å². The number of rotatable bonds is 22. The zero-order valence-electron chi connectivity index (χ0n) is 21.0. The summed E-state index contributed by atoms with van der Waals surface area (Å²) < 4.78 is 19.1. The molecule has 0 aliphatic heterocycles. The molecule has 0 fully saturated rings. The van der Waals surface area contributed by atoms with Crippen LogP contribution in [0.5, 0.6) is 0 Å². The van der Waals surface area contributed by atoms with Gasteiger partial charge in [-0.3, -0.25) is 0 Å². The third kappa shape index (κ3) is 22.5. The first-order valence-corrected chi connectivity index (χ1v) is 28.9. The van der Waals surface area contributed by atoms with E-state index >= 15 is 0 Å². The van der Waals surface area contributed by atoms with Crippen molar-refractivity contribution in [1.29, 1.82) is 0 Å². The molecule has 0 heterocycles. The molecule has 0 saturated heterocycles. The van der Waals surface area contributed by atoms with Crippen molar-refractivity contribution in [2.45, 2.75) is 136 Å². The molecular formula is C24H54O3Sn2. The molecule has 3 nitrogen and oxygen atoms in total. The van der Waals surface area contributed by atoms with Gasteiger partial charge in [0.2, 0.25) is 0 Å². The molecule has 0 saturated carbocycles. The average Bonchev–Trinajstić information content (AvgIpc) is 2.64. The van der Waals surface area contributed by atoms with Gasteiger partial charge in [0.25, 0.3) is 0 Å². The molecule has 0 radical (unpaired) electrons. The Bertz CT molecular complexity index is 317. The Hall–Kier alpha value is 1.48. The summed E-state index contributed by atoms with van der Waals surface area (Å²) in [5, 5.41) is 0. The number of hydrogen-bond donors (Lipinski definition) is 0. The second-order valence-electron chi connectivity index (χ2n) is 9.55. The summed E-state index contributed by atoms with van der Waals surface area (Å²) in [5.41, 5.74) is 0. The van der Waals surface area contributed by atoms with Crippen molar-refractivity contribution >= 4 is 38.4 Å². The normalized spacial score (nSPS) is 12.6. The van der Waals surface area contributed by atoms with Crippen LogP contribution in [0.4, 0.5) is 0 Å². The SMILES string of the molecule is CCCCCCCCCC[O][Sn]([CH3])([CH3])[O][Sn]([CH3])([CH3])[O]CCCCCCCCCC. The van der Waals surface area contributed by atoms with Crippen LogP contribution in [0.25, 0.3) is 0 Å². The Morgan fingerprint density at radius 2 is 0.690 bits per heavy atom. The molecule has 0 aliphatic rings. The predicted molar refractivity (Wildman–Crippen MR) is 133 cm³/mol. The van der Waals surface area contributed by atoms with E-state index < -0.39 is 38.4 Å². The van der Waals surface area contributed by atoms with Crippen molar-refractivity contribution in [2.24, 2.45) is 0 Å². The van der Waals surface area contributed by atoms with Crippen LogP contribution >= 0.6 is 0 Å². The van der Waals surface area contributed by atoms with Gasteiger partial charge in [0.05, 0.1) is 0 Å². The molecule has 0 aliphatic carbocycles. The van der Waals surface area contributed by atoms with Gasteiger partial charge >= 0.3 is 196 Å². The van der Waals surface area contributed by atoms with Gasteiger partial charge in [0.1, 0.15) is 0 Å².